The van der Waals surface area contributed by atoms with Gasteiger partial charge in [0.15, 0.2) is 0 Å². The van der Waals surface area contributed by atoms with Gasteiger partial charge in [-0.15, -0.1) is 0 Å². The quantitative estimate of drug-likeness (QED) is 0.593. The first-order chi connectivity index (χ1) is 7.40. The highest BCUT2D eigenvalue weighted by Gasteiger charge is 2.28. The van der Waals surface area contributed by atoms with Crippen molar-refractivity contribution in [2.75, 3.05) is 18.4 Å². The first-order valence-electron chi connectivity index (χ1n) is 6.70. The van der Waals surface area contributed by atoms with Crippen molar-refractivity contribution in [3.63, 3.8) is 0 Å². The van der Waals surface area contributed by atoms with Gasteiger partial charge < -0.3 is 4.90 Å². The smallest absolute Gasteiger partial charge is 0.01000 e. The molecule has 0 saturated carbocycles. The maximum atomic E-state index is 3.71. The van der Waals surface area contributed by atoms with E-state index in [1.54, 1.807) is 0 Å². The third-order valence-corrected chi connectivity index (χ3v) is 4.84. The Balaban J connectivity index is 4.57. The Morgan fingerprint density at radius 3 is 1.81 bits per heavy atom. The number of alkyl halides is 1. The van der Waals surface area contributed by atoms with E-state index in [-0.39, 0.29) is 0 Å². The van der Waals surface area contributed by atoms with E-state index in [2.05, 4.69) is 62.4 Å². The second kappa shape index (κ2) is 7.71. The summed E-state index contributed by atoms with van der Waals surface area (Å²) in [5.74, 6) is 0.754. The van der Waals surface area contributed by atoms with Crippen LogP contribution in [0.2, 0.25) is 0 Å². The number of hydrogen-bond acceptors (Lipinski definition) is 1. The van der Waals surface area contributed by atoms with Crippen LogP contribution in [0, 0.1) is 11.3 Å². The van der Waals surface area contributed by atoms with Crippen LogP contribution in [0.5, 0.6) is 0 Å². The van der Waals surface area contributed by atoms with E-state index in [1.807, 2.05) is 0 Å². The van der Waals surface area contributed by atoms with Gasteiger partial charge >= 0.3 is 0 Å². The van der Waals surface area contributed by atoms with Crippen LogP contribution in [-0.2, 0) is 0 Å². The van der Waals surface area contributed by atoms with Crippen LogP contribution in [0.1, 0.15) is 54.4 Å². The minimum Gasteiger partial charge on any atom is -0.300 e. The molecule has 2 heteroatoms. The van der Waals surface area contributed by atoms with Crippen LogP contribution in [-0.4, -0.2) is 29.4 Å². The maximum absolute atomic E-state index is 3.71. The molecule has 0 aliphatic heterocycles. The van der Waals surface area contributed by atoms with Crippen molar-refractivity contribution in [3.8, 4) is 0 Å². The van der Waals surface area contributed by atoms with Crippen LogP contribution < -0.4 is 0 Å². The van der Waals surface area contributed by atoms with Gasteiger partial charge in [0.2, 0.25) is 0 Å². The summed E-state index contributed by atoms with van der Waals surface area (Å²) in [5, 5.41) is 1.12. The molecule has 0 aliphatic carbocycles. The Morgan fingerprint density at radius 1 is 1.06 bits per heavy atom. The van der Waals surface area contributed by atoms with Crippen molar-refractivity contribution in [3.05, 3.63) is 0 Å². The average Bonchev–Trinajstić information content (AvgIpc) is 2.24. The van der Waals surface area contributed by atoms with Gasteiger partial charge in [0.05, 0.1) is 0 Å². The molecule has 0 radical (unpaired) electrons. The first kappa shape index (κ1) is 16.4. The van der Waals surface area contributed by atoms with Gasteiger partial charge in [-0.2, -0.15) is 0 Å². The van der Waals surface area contributed by atoms with Crippen molar-refractivity contribution in [1.29, 1.82) is 0 Å². The number of hydrogen-bond donors (Lipinski definition) is 0. The van der Waals surface area contributed by atoms with Gasteiger partial charge in [-0.05, 0) is 38.0 Å². The molecule has 0 amide bonds. The van der Waals surface area contributed by atoms with E-state index in [9.17, 15) is 0 Å². The van der Waals surface area contributed by atoms with E-state index >= 15 is 0 Å². The van der Waals surface area contributed by atoms with Crippen molar-refractivity contribution in [1.82, 2.24) is 4.90 Å². The van der Waals surface area contributed by atoms with E-state index in [4.69, 9.17) is 0 Å². The Kier molecular flexibility index (Phi) is 7.92. The highest BCUT2D eigenvalue weighted by molar-refractivity contribution is 9.09. The highest BCUT2D eigenvalue weighted by atomic mass is 79.9. The number of rotatable bonds is 8. The molecule has 16 heavy (non-hydrogen) atoms. The number of nitrogens with zero attached hydrogens (tertiary/aromatic N) is 1. The molecule has 0 aromatic rings. The maximum Gasteiger partial charge on any atom is 0.01000 e. The summed E-state index contributed by atoms with van der Waals surface area (Å²) in [6.45, 7) is 16.3. The van der Waals surface area contributed by atoms with Crippen LogP contribution in [0.25, 0.3) is 0 Å². The molecule has 0 bridgehead atoms. The molecule has 0 aromatic heterocycles. The second-order valence-corrected chi connectivity index (χ2v) is 6.32. The fraction of sp³-hybridized carbons (Fsp3) is 1.00. The molecule has 1 nitrogen and oxygen atoms in total. The zero-order chi connectivity index (χ0) is 12.8. The molecule has 0 aliphatic rings. The predicted octanol–water partition coefficient (Wildman–Crippen LogP) is 4.55. The lowest BCUT2D eigenvalue weighted by molar-refractivity contribution is 0.116. The van der Waals surface area contributed by atoms with Crippen molar-refractivity contribution < 1.29 is 0 Å². The summed E-state index contributed by atoms with van der Waals surface area (Å²) in [7, 11) is 0. The molecule has 0 unspecified atom stereocenters. The van der Waals surface area contributed by atoms with Crippen molar-refractivity contribution in [2.45, 2.75) is 60.4 Å². The molecular weight excluding hydrogens is 262 g/mol. The molecule has 0 fully saturated rings. The van der Waals surface area contributed by atoms with Gasteiger partial charge in [-0.3, -0.25) is 0 Å². The SMILES string of the molecule is CCC(CC)(CBr)CN(CC(C)C)C(C)C. The third kappa shape index (κ3) is 5.18. The molecule has 98 valence electrons. The summed E-state index contributed by atoms with van der Waals surface area (Å²) in [6.07, 6.45) is 2.52. The highest BCUT2D eigenvalue weighted by Crippen LogP contribution is 2.30. The second-order valence-electron chi connectivity index (χ2n) is 5.76. The largest absolute Gasteiger partial charge is 0.300 e. The molecule has 0 spiro atoms. The summed E-state index contributed by atoms with van der Waals surface area (Å²) in [4.78, 5) is 2.64. The fourth-order valence-electron chi connectivity index (χ4n) is 2.06. The topological polar surface area (TPSA) is 3.24 Å². The van der Waals surface area contributed by atoms with Gasteiger partial charge in [-0.1, -0.05) is 43.6 Å². The Hall–Kier alpha value is 0.440. The zero-order valence-electron chi connectivity index (χ0n) is 12.0. The van der Waals surface area contributed by atoms with Gasteiger partial charge in [0.25, 0.3) is 0 Å². The molecule has 0 aromatic carbocycles. The van der Waals surface area contributed by atoms with E-state index < -0.39 is 0 Å². The molecule has 0 saturated heterocycles. The third-order valence-electron chi connectivity index (χ3n) is 3.65. The summed E-state index contributed by atoms with van der Waals surface area (Å²) in [5.41, 5.74) is 0.457. The van der Waals surface area contributed by atoms with E-state index in [0.717, 1.165) is 11.2 Å². The van der Waals surface area contributed by atoms with Crippen LogP contribution >= 0.6 is 15.9 Å². The average molecular weight is 292 g/mol. The minimum atomic E-state index is 0.457. The lowest BCUT2D eigenvalue weighted by Crippen LogP contribution is -2.43. The summed E-state index contributed by atoms with van der Waals surface area (Å²) in [6, 6.07) is 0.652. The molecule has 0 heterocycles. The molecule has 0 atom stereocenters. The van der Waals surface area contributed by atoms with Gasteiger partial charge in [0.1, 0.15) is 0 Å². The molecular formula is C14H30BrN. The lowest BCUT2D eigenvalue weighted by Gasteiger charge is -2.39. The van der Waals surface area contributed by atoms with Crippen LogP contribution in [0.4, 0.5) is 0 Å². The molecule has 0 rings (SSSR count). The summed E-state index contributed by atoms with van der Waals surface area (Å²) < 4.78 is 0. The number of halogens is 1. The Bertz CT molecular complexity index is 165. The fourth-order valence-corrected chi connectivity index (χ4v) is 3.03. The van der Waals surface area contributed by atoms with E-state index in [1.165, 1.54) is 25.9 Å². The Morgan fingerprint density at radius 2 is 1.56 bits per heavy atom. The molecule has 0 N–H and O–H groups in total. The van der Waals surface area contributed by atoms with Gasteiger partial charge in [0, 0.05) is 24.5 Å². The normalized spacial score (nSPS) is 13.1. The standard InChI is InChI=1S/C14H30BrN/c1-7-14(8-2,10-15)11-16(13(5)6)9-12(3)4/h12-13H,7-11H2,1-6H3. The van der Waals surface area contributed by atoms with Gasteiger partial charge in [-0.25, -0.2) is 0 Å². The first-order valence-corrected chi connectivity index (χ1v) is 7.83. The Labute approximate surface area is 111 Å². The summed E-state index contributed by atoms with van der Waals surface area (Å²) >= 11 is 3.71. The van der Waals surface area contributed by atoms with E-state index in [0.29, 0.717) is 11.5 Å². The van der Waals surface area contributed by atoms with Crippen molar-refractivity contribution in [2.24, 2.45) is 11.3 Å². The van der Waals surface area contributed by atoms with Crippen LogP contribution in [0.3, 0.4) is 0 Å². The zero-order valence-corrected chi connectivity index (χ0v) is 13.6. The van der Waals surface area contributed by atoms with Crippen molar-refractivity contribution >= 4 is 15.9 Å². The van der Waals surface area contributed by atoms with Crippen LogP contribution in [0.15, 0.2) is 0 Å². The minimum absolute atomic E-state index is 0.457. The monoisotopic (exact) mass is 291 g/mol. The predicted molar refractivity (Wildman–Crippen MR) is 78.4 cm³/mol. The lowest BCUT2D eigenvalue weighted by atomic mass is 9.83.